The van der Waals surface area contributed by atoms with Crippen LogP contribution in [0.1, 0.15) is 18.4 Å². The van der Waals surface area contributed by atoms with Crippen LogP contribution in [-0.2, 0) is 10.2 Å². The molecule has 1 aliphatic carbocycles. The lowest BCUT2D eigenvalue weighted by Crippen LogP contribution is -2.44. The lowest BCUT2D eigenvalue weighted by molar-refractivity contribution is -0.125. The van der Waals surface area contributed by atoms with Crippen molar-refractivity contribution in [1.29, 1.82) is 0 Å². The molecular formula is C12H12FNO. The van der Waals surface area contributed by atoms with E-state index in [1.165, 1.54) is 6.07 Å². The summed E-state index contributed by atoms with van der Waals surface area (Å²) in [7, 11) is 0. The average molecular weight is 205 g/mol. The Morgan fingerprint density at radius 1 is 1.47 bits per heavy atom. The molecule has 1 aromatic carbocycles. The van der Waals surface area contributed by atoms with Crippen LogP contribution in [0.4, 0.5) is 4.39 Å². The number of carbonyl (C=O) groups excluding carboxylic acids is 1. The molecule has 1 N–H and O–H groups in total. The van der Waals surface area contributed by atoms with Crippen LogP contribution in [0, 0.1) is 11.7 Å². The molecular weight excluding hydrogens is 193 g/mol. The first-order valence-electron chi connectivity index (χ1n) is 5.26. The molecule has 15 heavy (non-hydrogen) atoms. The number of nitrogens with one attached hydrogen (secondary N) is 1. The molecule has 0 bridgehead atoms. The Hall–Kier alpha value is -1.38. The highest BCUT2D eigenvalue weighted by Crippen LogP contribution is 2.51. The molecule has 1 saturated carbocycles. The molecule has 1 aliphatic heterocycles. The number of rotatable bonds is 1. The lowest BCUT2D eigenvalue weighted by Gasteiger charge is -2.42. The summed E-state index contributed by atoms with van der Waals surface area (Å²) in [6.45, 7) is 0.667. The second-order valence-corrected chi connectivity index (χ2v) is 4.48. The van der Waals surface area contributed by atoms with E-state index >= 15 is 0 Å². The lowest BCUT2D eigenvalue weighted by atomic mass is 9.58. The van der Waals surface area contributed by atoms with Gasteiger partial charge in [-0.3, -0.25) is 4.79 Å². The van der Waals surface area contributed by atoms with Crippen molar-refractivity contribution in [2.45, 2.75) is 18.3 Å². The van der Waals surface area contributed by atoms with Crippen LogP contribution in [0.15, 0.2) is 24.3 Å². The van der Waals surface area contributed by atoms with Crippen LogP contribution in [0.25, 0.3) is 0 Å². The van der Waals surface area contributed by atoms with Gasteiger partial charge < -0.3 is 5.32 Å². The second-order valence-electron chi connectivity index (χ2n) is 4.48. The van der Waals surface area contributed by atoms with Gasteiger partial charge in [0.1, 0.15) is 5.82 Å². The van der Waals surface area contributed by atoms with Crippen molar-refractivity contribution in [1.82, 2.24) is 5.32 Å². The van der Waals surface area contributed by atoms with Crippen LogP contribution in [0.2, 0.25) is 0 Å². The monoisotopic (exact) mass is 205 g/mol. The third kappa shape index (κ3) is 1.06. The van der Waals surface area contributed by atoms with Gasteiger partial charge in [0, 0.05) is 17.9 Å². The number of hydrogen-bond acceptors (Lipinski definition) is 1. The molecule has 1 amide bonds. The molecule has 2 atom stereocenters. The zero-order valence-electron chi connectivity index (χ0n) is 8.29. The van der Waals surface area contributed by atoms with Crippen molar-refractivity contribution < 1.29 is 9.18 Å². The number of fused-ring (bicyclic) bond motifs is 1. The first kappa shape index (κ1) is 8.89. The van der Waals surface area contributed by atoms with E-state index in [2.05, 4.69) is 5.32 Å². The highest BCUT2D eigenvalue weighted by Gasteiger charge is 2.55. The Kier molecular flexibility index (Phi) is 1.67. The van der Waals surface area contributed by atoms with Crippen LogP contribution in [0.3, 0.4) is 0 Å². The third-order valence-electron chi connectivity index (χ3n) is 3.84. The van der Waals surface area contributed by atoms with E-state index in [0.717, 1.165) is 18.4 Å². The minimum Gasteiger partial charge on any atom is -0.355 e. The molecule has 1 saturated heterocycles. The molecule has 2 aliphatic rings. The predicted octanol–water partition coefficient (Wildman–Crippen LogP) is 1.60. The van der Waals surface area contributed by atoms with E-state index in [0.29, 0.717) is 6.54 Å². The molecule has 2 nitrogen and oxygen atoms in total. The predicted molar refractivity (Wildman–Crippen MR) is 53.8 cm³/mol. The topological polar surface area (TPSA) is 29.1 Å². The van der Waals surface area contributed by atoms with Crippen LogP contribution < -0.4 is 5.32 Å². The molecule has 2 unspecified atom stereocenters. The van der Waals surface area contributed by atoms with Gasteiger partial charge in [-0.25, -0.2) is 4.39 Å². The van der Waals surface area contributed by atoms with E-state index in [4.69, 9.17) is 0 Å². The summed E-state index contributed by atoms with van der Waals surface area (Å²) >= 11 is 0. The number of amides is 1. The molecule has 3 heteroatoms. The van der Waals surface area contributed by atoms with E-state index < -0.39 is 0 Å². The molecule has 3 rings (SSSR count). The van der Waals surface area contributed by atoms with Gasteiger partial charge in [0.15, 0.2) is 0 Å². The number of halogens is 1. The Morgan fingerprint density at radius 3 is 2.93 bits per heavy atom. The van der Waals surface area contributed by atoms with E-state index in [-0.39, 0.29) is 23.1 Å². The molecule has 1 heterocycles. The van der Waals surface area contributed by atoms with Crippen LogP contribution in [-0.4, -0.2) is 12.5 Å². The zero-order chi connectivity index (χ0) is 10.5. The maximum Gasteiger partial charge on any atom is 0.224 e. The van der Waals surface area contributed by atoms with Crippen LogP contribution in [0.5, 0.6) is 0 Å². The van der Waals surface area contributed by atoms with Gasteiger partial charge in [-0.05, 0) is 30.5 Å². The van der Waals surface area contributed by atoms with Crippen molar-refractivity contribution in [3.8, 4) is 0 Å². The standard InChI is InChI=1S/C12H12FNO/c13-9-3-1-2-8(6-9)12-5-4-10(12)11(15)14-7-12/h1-3,6,10H,4-5,7H2,(H,14,15). The average Bonchev–Trinajstić information content (AvgIpc) is 2.37. The van der Waals surface area contributed by atoms with Crippen molar-refractivity contribution in [2.75, 3.05) is 6.54 Å². The van der Waals surface area contributed by atoms with Gasteiger partial charge in [-0.2, -0.15) is 0 Å². The maximum atomic E-state index is 13.1. The maximum absolute atomic E-state index is 13.1. The fraction of sp³-hybridized carbons (Fsp3) is 0.417. The van der Waals surface area contributed by atoms with Gasteiger partial charge >= 0.3 is 0 Å². The van der Waals surface area contributed by atoms with Gasteiger partial charge in [-0.15, -0.1) is 0 Å². The van der Waals surface area contributed by atoms with E-state index in [9.17, 15) is 9.18 Å². The highest BCUT2D eigenvalue weighted by molar-refractivity contribution is 5.85. The van der Waals surface area contributed by atoms with Crippen LogP contribution >= 0.6 is 0 Å². The molecule has 0 radical (unpaired) electrons. The summed E-state index contributed by atoms with van der Waals surface area (Å²) in [6, 6.07) is 6.65. The zero-order valence-corrected chi connectivity index (χ0v) is 8.29. The van der Waals surface area contributed by atoms with Gasteiger partial charge in [0.05, 0.1) is 0 Å². The minimum atomic E-state index is -0.216. The summed E-state index contributed by atoms with van der Waals surface area (Å²) in [6.07, 6.45) is 1.92. The third-order valence-corrected chi connectivity index (χ3v) is 3.84. The van der Waals surface area contributed by atoms with Crippen molar-refractivity contribution in [2.24, 2.45) is 5.92 Å². The first-order valence-corrected chi connectivity index (χ1v) is 5.26. The summed E-state index contributed by atoms with van der Waals surface area (Å²) in [5, 5.41) is 2.88. The van der Waals surface area contributed by atoms with Crippen molar-refractivity contribution in [3.05, 3.63) is 35.6 Å². The summed E-state index contributed by atoms with van der Waals surface area (Å²) in [5.41, 5.74) is 0.858. The van der Waals surface area contributed by atoms with Gasteiger partial charge in [0.2, 0.25) is 5.91 Å². The number of carbonyl (C=O) groups is 1. The summed E-state index contributed by atoms with van der Waals surface area (Å²) in [5.74, 6) is -0.0170. The van der Waals surface area contributed by atoms with Gasteiger partial charge in [0.25, 0.3) is 0 Å². The van der Waals surface area contributed by atoms with E-state index in [1.807, 2.05) is 6.07 Å². The Balaban J connectivity index is 2.04. The molecule has 1 aromatic rings. The second kappa shape index (κ2) is 2.81. The minimum absolute atomic E-state index is 0.0688. The Morgan fingerprint density at radius 2 is 2.33 bits per heavy atom. The Labute approximate surface area is 87.5 Å². The highest BCUT2D eigenvalue weighted by atomic mass is 19.1. The molecule has 0 aromatic heterocycles. The van der Waals surface area contributed by atoms with Crippen molar-refractivity contribution in [3.63, 3.8) is 0 Å². The molecule has 2 fully saturated rings. The fourth-order valence-corrected chi connectivity index (χ4v) is 2.84. The Bertz CT molecular complexity index is 431. The van der Waals surface area contributed by atoms with Crippen molar-refractivity contribution >= 4 is 5.91 Å². The smallest absolute Gasteiger partial charge is 0.224 e. The fourth-order valence-electron chi connectivity index (χ4n) is 2.84. The normalized spacial score (nSPS) is 33.1. The molecule has 0 spiro atoms. The van der Waals surface area contributed by atoms with Gasteiger partial charge in [-0.1, -0.05) is 12.1 Å². The quantitative estimate of drug-likeness (QED) is 0.741. The number of hydrogen-bond donors (Lipinski definition) is 1. The van der Waals surface area contributed by atoms with E-state index in [1.54, 1.807) is 12.1 Å². The summed E-state index contributed by atoms with van der Waals surface area (Å²) in [4.78, 5) is 11.5. The summed E-state index contributed by atoms with van der Waals surface area (Å²) < 4.78 is 13.1. The SMILES string of the molecule is O=C1NCC2(c3cccc(F)c3)CCC12. The first-order chi connectivity index (χ1) is 7.22. The largest absolute Gasteiger partial charge is 0.355 e. The number of benzene rings is 1. The molecule has 78 valence electrons.